The van der Waals surface area contributed by atoms with Gasteiger partial charge in [0.1, 0.15) is 11.6 Å². The number of rotatable bonds is 8. The van der Waals surface area contributed by atoms with Crippen LogP contribution in [0.25, 0.3) is 0 Å². The number of hydrogen-bond donors (Lipinski definition) is 1. The molecule has 1 aliphatic rings. The lowest BCUT2D eigenvalue weighted by Crippen LogP contribution is -2.47. The number of nitrogens with one attached hydrogen (secondary N) is 1. The zero-order chi connectivity index (χ0) is 23.5. The van der Waals surface area contributed by atoms with Crippen LogP contribution in [0.4, 0.5) is 4.79 Å². The van der Waals surface area contributed by atoms with Gasteiger partial charge in [-0.25, -0.2) is 9.59 Å². The minimum atomic E-state index is -2.12. The first kappa shape index (κ1) is 26.4. The third-order valence-corrected chi connectivity index (χ3v) is 10.1. The lowest BCUT2D eigenvalue weighted by Gasteiger charge is -2.39. The van der Waals surface area contributed by atoms with E-state index in [-0.39, 0.29) is 29.2 Å². The molecule has 0 saturated carbocycles. The van der Waals surface area contributed by atoms with Crippen molar-refractivity contribution >= 4 is 26.3 Å². The number of amides is 2. The van der Waals surface area contributed by atoms with Crippen molar-refractivity contribution in [2.24, 2.45) is 0 Å². The van der Waals surface area contributed by atoms with Crippen LogP contribution in [0.5, 0.6) is 0 Å². The second kappa shape index (κ2) is 9.68. The highest BCUT2D eigenvalue weighted by Gasteiger charge is 2.50. The van der Waals surface area contributed by atoms with E-state index in [0.717, 1.165) is 0 Å². The van der Waals surface area contributed by atoms with Gasteiger partial charge in [0.25, 0.3) is 0 Å². The van der Waals surface area contributed by atoms with E-state index in [1.54, 1.807) is 4.90 Å². The SMILES string of the molecule is COC(=O)[C@@H](CCC(O[Si](C)(C)C(C)(C)C)[C@H]1CN1C(=O)OC(C)(C)C)NC(C)=O. The Kier molecular flexibility index (Phi) is 8.52. The summed E-state index contributed by atoms with van der Waals surface area (Å²) >= 11 is 0. The molecule has 8 nitrogen and oxygen atoms in total. The molecule has 3 atom stereocenters. The van der Waals surface area contributed by atoms with Crippen LogP contribution in [0.15, 0.2) is 0 Å². The monoisotopic (exact) mass is 444 g/mol. The molecule has 0 bridgehead atoms. The molecule has 30 heavy (non-hydrogen) atoms. The molecule has 0 aromatic rings. The molecular formula is C21H40N2O6Si. The van der Waals surface area contributed by atoms with Gasteiger partial charge >= 0.3 is 12.1 Å². The molecule has 2 amide bonds. The predicted octanol–water partition coefficient (Wildman–Crippen LogP) is 3.45. The normalized spacial score (nSPS) is 19.0. The van der Waals surface area contributed by atoms with Crippen LogP contribution in [0.3, 0.4) is 0 Å². The quantitative estimate of drug-likeness (QED) is 0.350. The van der Waals surface area contributed by atoms with Crippen LogP contribution in [0.1, 0.15) is 61.3 Å². The molecule has 1 aliphatic heterocycles. The van der Waals surface area contributed by atoms with Crippen molar-refractivity contribution in [2.45, 2.75) is 103 Å². The van der Waals surface area contributed by atoms with Crippen LogP contribution in [-0.4, -0.2) is 68.6 Å². The van der Waals surface area contributed by atoms with Gasteiger partial charge in [-0.05, 0) is 51.7 Å². The topological polar surface area (TPSA) is 93.9 Å². The molecule has 0 radical (unpaired) electrons. The second-order valence-corrected chi connectivity index (χ2v) is 15.2. The van der Waals surface area contributed by atoms with E-state index >= 15 is 0 Å². The molecule has 174 valence electrons. The summed E-state index contributed by atoms with van der Waals surface area (Å²) in [5.41, 5.74) is -0.568. The average molecular weight is 445 g/mol. The van der Waals surface area contributed by atoms with Crippen LogP contribution in [-0.2, 0) is 23.5 Å². The summed E-state index contributed by atoms with van der Waals surface area (Å²) in [6, 6.07) is -0.851. The molecule has 0 aliphatic carbocycles. The van der Waals surface area contributed by atoms with E-state index in [2.05, 4.69) is 39.2 Å². The average Bonchev–Trinajstić information content (AvgIpc) is 3.34. The highest BCUT2D eigenvalue weighted by atomic mass is 28.4. The number of ether oxygens (including phenoxy) is 2. The Hall–Kier alpha value is -1.61. The molecule has 0 spiro atoms. The molecule has 0 aromatic carbocycles. The first-order chi connectivity index (χ1) is 13.5. The van der Waals surface area contributed by atoms with E-state index in [1.807, 2.05) is 20.8 Å². The summed E-state index contributed by atoms with van der Waals surface area (Å²) in [5, 5.41) is 2.64. The Morgan fingerprint density at radius 1 is 1.10 bits per heavy atom. The first-order valence-electron chi connectivity index (χ1n) is 10.5. The van der Waals surface area contributed by atoms with Crippen molar-refractivity contribution < 1.29 is 28.3 Å². The largest absolute Gasteiger partial charge is 0.467 e. The fourth-order valence-electron chi connectivity index (χ4n) is 2.86. The van der Waals surface area contributed by atoms with Gasteiger partial charge < -0.3 is 19.2 Å². The van der Waals surface area contributed by atoms with Gasteiger partial charge in [-0.2, -0.15) is 0 Å². The van der Waals surface area contributed by atoms with Crippen molar-refractivity contribution in [3.8, 4) is 0 Å². The van der Waals surface area contributed by atoms with Gasteiger partial charge in [0.15, 0.2) is 8.32 Å². The van der Waals surface area contributed by atoms with E-state index in [9.17, 15) is 14.4 Å². The number of hydrogen-bond acceptors (Lipinski definition) is 6. The number of esters is 1. The van der Waals surface area contributed by atoms with Crippen molar-refractivity contribution in [1.29, 1.82) is 0 Å². The first-order valence-corrected chi connectivity index (χ1v) is 13.4. The Morgan fingerprint density at radius 2 is 1.67 bits per heavy atom. The number of carbonyl (C=O) groups is 3. The highest BCUT2D eigenvalue weighted by molar-refractivity contribution is 6.74. The van der Waals surface area contributed by atoms with Crippen LogP contribution < -0.4 is 5.32 Å². The maximum absolute atomic E-state index is 12.5. The molecule has 1 N–H and O–H groups in total. The van der Waals surface area contributed by atoms with Gasteiger partial charge in [-0.1, -0.05) is 20.8 Å². The maximum atomic E-state index is 12.5. The van der Waals surface area contributed by atoms with E-state index in [0.29, 0.717) is 19.4 Å². The summed E-state index contributed by atoms with van der Waals surface area (Å²) < 4.78 is 16.9. The highest BCUT2D eigenvalue weighted by Crippen LogP contribution is 2.40. The minimum Gasteiger partial charge on any atom is -0.467 e. The van der Waals surface area contributed by atoms with Crippen LogP contribution >= 0.6 is 0 Å². The lowest BCUT2D eigenvalue weighted by molar-refractivity contribution is -0.145. The smallest absolute Gasteiger partial charge is 0.410 e. The Bertz CT molecular complexity index is 638. The van der Waals surface area contributed by atoms with Crippen LogP contribution in [0, 0.1) is 0 Å². The van der Waals surface area contributed by atoms with Gasteiger partial charge in [0, 0.05) is 13.5 Å². The third-order valence-electron chi connectivity index (χ3n) is 5.56. The Balaban J connectivity index is 2.95. The van der Waals surface area contributed by atoms with E-state index in [1.165, 1.54) is 14.0 Å². The van der Waals surface area contributed by atoms with Crippen molar-refractivity contribution in [1.82, 2.24) is 10.2 Å². The van der Waals surface area contributed by atoms with Gasteiger partial charge in [-0.15, -0.1) is 0 Å². The zero-order valence-corrected chi connectivity index (χ0v) is 21.3. The van der Waals surface area contributed by atoms with E-state index in [4.69, 9.17) is 13.9 Å². The maximum Gasteiger partial charge on any atom is 0.410 e. The molecular weight excluding hydrogens is 404 g/mol. The molecule has 1 heterocycles. The summed E-state index contributed by atoms with van der Waals surface area (Å²) in [6.45, 7) is 18.2. The van der Waals surface area contributed by atoms with Gasteiger partial charge in [-0.3, -0.25) is 9.69 Å². The van der Waals surface area contributed by atoms with Gasteiger partial charge in [0.05, 0.1) is 19.3 Å². The number of carbonyl (C=O) groups excluding carboxylic acids is 3. The van der Waals surface area contributed by atoms with Crippen molar-refractivity contribution in [3.63, 3.8) is 0 Å². The number of methoxy groups -OCH3 is 1. The van der Waals surface area contributed by atoms with Crippen LogP contribution in [0.2, 0.25) is 18.1 Å². The second-order valence-electron chi connectivity index (χ2n) is 10.5. The molecule has 0 aromatic heterocycles. The number of nitrogens with zero attached hydrogens (tertiary/aromatic N) is 1. The minimum absolute atomic E-state index is 0.00370. The van der Waals surface area contributed by atoms with Crippen molar-refractivity contribution in [2.75, 3.05) is 13.7 Å². The Labute approximate surface area is 182 Å². The molecule has 9 heteroatoms. The third kappa shape index (κ3) is 7.90. The van der Waals surface area contributed by atoms with Gasteiger partial charge in [0.2, 0.25) is 5.91 Å². The Morgan fingerprint density at radius 3 is 2.10 bits per heavy atom. The fraction of sp³-hybridized carbons (Fsp3) is 0.857. The predicted molar refractivity (Wildman–Crippen MR) is 118 cm³/mol. The van der Waals surface area contributed by atoms with Crippen molar-refractivity contribution in [3.05, 3.63) is 0 Å². The molecule has 1 saturated heterocycles. The molecule has 1 fully saturated rings. The summed E-state index contributed by atoms with van der Waals surface area (Å²) in [7, 11) is -0.826. The molecule has 1 unspecified atom stereocenters. The summed E-state index contributed by atoms with van der Waals surface area (Å²) in [5.74, 6) is -0.787. The fourth-order valence-corrected chi connectivity index (χ4v) is 4.24. The standard InChI is InChI=1S/C21H40N2O6Si/c1-14(24)22-15(18(25)27-8)11-12-17(29-30(9,10)21(5,6)7)16-13-23(16)19(26)28-20(2,3)4/h15-17H,11-13H2,1-10H3,(H,22,24)/t15-,16-,17?,23?/m1/s1. The summed E-state index contributed by atoms with van der Waals surface area (Å²) in [6.07, 6.45) is 0.266. The lowest BCUT2D eigenvalue weighted by atomic mass is 10.1. The van der Waals surface area contributed by atoms with E-state index < -0.39 is 25.9 Å². The zero-order valence-electron chi connectivity index (χ0n) is 20.3. The molecule has 1 rings (SSSR count). The summed E-state index contributed by atoms with van der Waals surface area (Å²) in [4.78, 5) is 37.7.